The maximum absolute atomic E-state index is 9.16. The fourth-order valence-corrected chi connectivity index (χ4v) is 3.34. The molecule has 23 heavy (non-hydrogen) atoms. The first-order valence-corrected chi connectivity index (χ1v) is 10.1. The third-order valence-corrected chi connectivity index (χ3v) is 4.96. The number of aliphatic hydroxyl groups is 1. The Labute approximate surface area is 164 Å². The van der Waals surface area contributed by atoms with E-state index in [2.05, 4.69) is 20.9 Å². The van der Waals surface area contributed by atoms with Crippen LogP contribution in [0.5, 0.6) is 0 Å². The summed E-state index contributed by atoms with van der Waals surface area (Å²) >= 11 is 0. The molecule has 0 atom stereocenters. The van der Waals surface area contributed by atoms with Crippen LogP contribution in [0.4, 0.5) is 0 Å². The first-order chi connectivity index (χ1) is 10.7. The van der Waals surface area contributed by atoms with Gasteiger partial charge in [0.05, 0.1) is 26.7 Å². The van der Waals surface area contributed by atoms with Crippen molar-refractivity contribution in [2.75, 3.05) is 33.3 Å². The van der Waals surface area contributed by atoms with Crippen LogP contribution in [0, 0.1) is 0 Å². The number of nitrogens with zero attached hydrogens (tertiary/aromatic N) is 1. The zero-order valence-corrected chi connectivity index (χ0v) is 18.5. The molecule has 0 heterocycles. The Kier molecular flexibility index (Phi) is 21.4. The monoisotopic (exact) mass is 441 g/mol. The van der Waals surface area contributed by atoms with Crippen molar-refractivity contribution in [2.45, 2.75) is 97.3 Å². The summed E-state index contributed by atoms with van der Waals surface area (Å²) in [7, 11) is 2.41. The van der Waals surface area contributed by atoms with E-state index in [1.165, 1.54) is 94.6 Å². The molecule has 0 saturated carbocycles. The Bertz CT molecular complexity index is 208. The van der Waals surface area contributed by atoms with Crippen LogP contribution in [0.1, 0.15) is 97.3 Å². The molecule has 0 spiro atoms. The van der Waals surface area contributed by atoms with Gasteiger partial charge in [0.2, 0.25) is 0 Å². The smallest absolute Gasteiger partial charge is 0.0806 e. The lowest BCUT2D eigenvalue weighted by molar-refractivity contribution is -0.910. The van der Waals surface area contributed by atoms with Gasteiger partial charge in [-0.15, -0.1) is 0 Å². The molecule has 142 valence electrons. The highest BCUT2D eigenvalue weighted by atomic mass is 127. The molecule has 0 aliphatic heterocycles. The molecule has 0 unspecified atom stereocenters. The lowest BCUT2D eigenvalue weighted by Gasteiger charge is -2.35. The van der Waals surface area contributed by atoms with Crippen LogP contribution in [0.2, 0.25) is 0 Å². The number of quaternary nitrogens is 1. The van der Waals surface area contributed by atoms with Gasteiger partial charge < -0.3 is 33.6 Å². The normalized spacial score (nSPS) is 11.5. The van der Waals surface area contributed by atoms with Crippen LogP contribution in [0.3, 0.4) is 0 Å². The zero-order chi connectivity index (χ0) is 16.5. The molecule has 0 aliphatic carbocycles. The third-order valence-electron chi connectivity index (χ3n) is 4.96. The summed E-state index contributed by atoms with van der Waals surface area (Å²) in [5, 5.41) is 9.16. The minimum Gasteiger partial charge on any atom is -1.00 e. The van der Waals surface area contributed by atoms with Gasteiger partial charge in [-0.3, -0.25) is 0 Å². The van der Waals surface area contributed by atoms with Crippen molar-refractivity contribution in [3.8, 4) is 0 Å². The molecule has 0 rings (SSSR count). The van der Waals surface area contributed by atoms with E-state index >= 15 is 0 Å². The van der Waals surface area contributed by atoms with Crippen LogP contribution in [0.15, 0.2) is 0 Å². The summed E-state index contributed by atoms with van der Waals surface area (Å²) in [6.07, 6.45) is 17.6. The minimum atomic E-state index is 0. The van der Waals surface area contributed by atoms with Gasteiger partial charge in [0.25, 0.3) is 0 Å². The number of halogens is 1. The van der Waals surface area contributed by atoms with Crippen LogP contribution in [0.25, 0.3) is 0 Å². The zero-order valence-electron chi connectivity index (χ0n) is 16.3. The SMILES string of the molecule is CCCCCCCC[N+](C)(CCCO)CCCCCCCC.[I-]. The predicted octanol–water partition coefficient (Wildman–Crippen LogP) is 2.54. The third kappa shape index (κ3) is 17.3. The predicted molar refractivity (Wildman–Crippen MR) is 99.2 cm³/mol. The quantitative estimate of drug-likeness (QED) is 0.209. The van der Waals surface area contributed by atoms with E-state index < -0.39 is 0 Å². The summed E-state index contributed by atoms with van der Waals surface area (Å²) in [6.45, 7) is 8.68. The first-order valence-electron chi connectivity index (χ1n) is 10.1. The van der Waals surface area contributed by atoms with E-state index in [9.17, 15) is 0 Å². The molecule has 0 aromatic rings. The lowest BCUT2D eigenvalue weighted by atomic mass is 10.1. The van der Waals surface area contributed by atoms with Gasteiger partial charge in [0, 0.05) is 13.0 Å². The second-order valence-corrected chi connectivity index (χ2v) is 7.40. The van der Waals surface area contributed by atoms with Gasteiger partial charge in [-0.25, -0.2) is 0 Å². The van der Waals surface area contributed by atoms with Crippen LogP contribution < -0.4 is 24.0 Å². The molecule has 0 fully saturated rings. The van der Waals surface area contributed by atoms with Crippen LogP contribution >= 0.6 is 0 Å². The highest BCUT2D eigenvalue weighted by Crippen LogP contribution is 2.14. The van der Waals surface area contributed by atoms with E-state index in [1.807, 2.05) is 0 Å². The molecule has 1 N–H and O–H groups in total. The minimum absolute atomic E-state index is 0. The van der Waals surface area contributed by atoms with Gasteiger partial charge in [-0.1, -0.05) is 65.2 Å². The summed E-state index contributed by atoms with van der Waals surface area (Å²) < 4.78 is 1.18. The second kappa shape index (κ2) is 19.0. The summed E-state index contributed by atoms with van der Waals surface area (Å²) in [4.78, 5) is 0. The molecule has 2 nitrogen and oxygen atoms in total. The summed E-state index contributed by atoms with van der Waals surface area (Å²) in [5.41, 5.74) is 0. The van der Waals surface area contributed by atoms with Crippen molar-refractivity contribution >= 4 is 0 Å². The second-order valence-electron chi connectivity index (χ2n) is 7.40. The van der Waals surface area contributed by atoms with E-state index in [-0.39, 0.29) is 24.0 Å². The van der Waals surface area contributed by atoms with Crippen LogP contribution in [-0.2, 0) is 0 Å². The molecule has 0 saturated heterocycles. The molecular weight excluding hydrogens is 397 g/mol. The molecular formula is C20H44INO. The summed E-state index contributed by atoms with van der Waals surface area (Å²) in [6, 6.07) is 0. The number of hydrogen-bond acceptors (Lipinski definition) is 1. The van der Waals surface area contributed by atoms with E-state index in [0.29, 0.717) is 6.61 Å². The van der Waals surface area contributed by atoms with Gasteiger partial charge >= 0.3 is 0 Å². The summed E-state index contributed by atoms with van der Waals surface area (Å²) in [5.74, 6) is 0. The van der Waals surface area contributed by atoms with Gasteiger partial charge in [-0.2, -0.15) is 0 Å². The highest BCUT2D eigenvalue weighted by Gasteiger charge is 2.19. The van der Waals surface area contributed by atoms with Crippen molar-refractivity contribution in [1.82, 2.24) is 0 Å². The molecule has 0 amide bonds. The van der Waals surface area contributed by atoms with Crippen molar-refractivity contribution in [3.63, 3.8) is 0 Å². The van der Waals surface area contributed by atoms with E-state index in [4.69, 9.17) is 5.11 Å². The Morgan fingerprint density at radius 1 is 0.565 bits per heavy atom. The van der Waals surface area contributed by atoms with Crippen molar-refractivity contribution in [2.24, 2.45) is 0 Å². The number of unbranched alkanes of at least 4 members (excludes halogenated alkanes) is 10. The fraction of sp³-hybridized carbons (Fsp3) is 1.00. The van der Waals surface area contributed by atoms with Gasteiger partial charge in [0.1, 0.15) is 0 Å². The Morgan fingerprint density at radius 3 is 1.30 bits per heavy atom. The number of hydrogen-bond donors (Lipinski definition) is 1. The van der Waals surface area contributed by atoms with Gasteiger partial charge in [0.15, 0.2) is 0 Å². The first kappa shape index (κ1) is 25.9. The molecule has 0 radical (unpaired) electrons. The average molecular weight is 441 g/mol. The Morgan fingerprint density at radius 2 is 0.913 bits per heavy atom. The van der Waals surface area contributed by atoms with Gasteiger partial charge in [-0.05, 0) is 25.7 Å². The highest BCUT2D eigenvalue weighted by molar-refractivity contribution is 4.49. The largest absolute Gasteiger partial charge is 1.00 e. The van der Waals surface area contributed by atoms with Crippen molar-refractivity contribution < 1.29 is 33.6 Å². The molecule has 0 bridgehead atoms. The maximum Gasteiger partial charge on any atom is 0.0806 e. The van der Waals surface area contributed by atoms with Crippen LogP contribution in [-0.4, -0.2) is 42.9 Å². The lowest BCUT2D eigenvalue weighted by Crippen LogP contribution is -3.00. The molecule has 3 heteroatoms. The topological polar surface area (TPSA) is 20.2 Å². The standard InChI is InChI=1S/C20H44NO.HI/c1-4-6-8-10-12-14-17-21(3,19-16-20-22)18-15-13-11-9-7-5-2;/h22H,4-20H2,1-3H3;1H/q+1;/p-1. The number of aliphatic hydroxyl groups excluding tert-OH is 1. The van der Waals surface area contributed by atoms with E-state index in [1.54, 1.807) is 0 Å². The molecule has 0 aliphatic rings. The molecule has 0 aromatic carbocycles. The van der Waals surface area contributed by atoms with E-state index in [0.717, 1.165) is 13.0 Å². The number of rotatable bonds is 17. The van der Waals surface area contributed by atoms with Crippen molar-refractivity contribution in [1.29, 1.82) is 0 Å². The fourth-order valence-electron chi connectivity index (χ4n) is 3.34. The average Bonchev–Trinajstić information content (AvgIpc) is 2.52. The Balaban J connectivity index is 0. The Hall–Kier alpha value is 0.650. The maximum atomic E-state index is 9.16. The van der Waals surface area contributed by atoms with Crippen molar-refractivity contribution in [3.05, 3.63) is 0 Å². The molecule has 0 aromatic heterocycles.